The van der Waals surface area contributed by atoms with Crippen LogP contribution in [0.5, 0.6) is 5.75 Å². The van der Waals surface area contributed by atoms with Gasteiger partial charge in [-0.25, -0.2) is 0 Å². The van der Waals surface area contributed by atoms with E-state index in [2.05, 4.69) is 10.6 Å². The minimum absolute atomic E-state index is 0. The van der Waals surface area contributed by atoms with Crippen LogP contribution in [0.4, 0.5) is 0 Å². The van der Waals surface area contributed by atoms with E-state index in [0.29, 0.717) is 6.54 Å². The van der Waals surface area contributed by atoms with Crippen molar-refractivity contribution >= 4 is 30.1 Å². The lowest BCUT2D eigenvalue weighted by Gasteiger charge is -2.18. The molecule has 20 heavy (non-hydrogen) atoms. The molecule has 1 heterocycles. The molecular formula is C14H21ClN2O2S. The van der Waals surface area contributed by atoms with E-state index in [9.17, 15) is 4.79 Å². The van der Waals surface area contributed by atoms with Crippen LogP contribution in [0.2, 0.25) is 0 Å². The third kappa shape index (κ3) is 4.89. The standard InChI is InChI=1S/C14H20N2O2S.ClH/c1-10-5-3-4-6-13(10)18-11(2)7-15-14(17)12-8-19-9-16-12;/h3-6,11-12,16H,7-9H2,1-2H3,(H,15,17);1H. The van der Waals surface area contributed by atoms with Gasteiger partial charge in [-0.15, -0.1) is 24.2 Å². The van der Waals surface area contributed by atoms with Crippen LogP contribution in [0, 0.1) is 6.92 Å². The average molecular weight is 317 g/mol. The first-order valence-corrected chi connectivity index (χ1v) is 7.63. The predicted molar refractivity (Wildman–Crippen MR) is 85.8 cm³/mol. The van der Waals surface area contributed by atoms with Gasteiger partial charge in [-0.2, -0.15) is 0 Å². The Hall–Kier alpha value is -0.910. The SMILES string of the molecule is Cc1ccccc1OC(C)CNC(=O)C1CSCN1.Cl. The zero-order chi connectivity index (χ0) is 13.7. The molecule has 0 aliphatic carbocycles. The lowest BCUT2D eigenvalue weighted by Crippen LogP contribution is -2.44. The molecule has 1 aromatic rings. The Morgan fingerprint density at radius 2 is 2.30 bits per heavy atom. The molecule has 2 N–H and O–H groups in total. The Morgan fingerprint density at radius 1 is 1.55 bits per heavy atom. The predicted octanol–water partition coefficient (Wildman–Crippen LogP) is 1.96. The van der Waals surface area contributed by atoms with Crippen molar-refractivity contribution in [3.05, 3.63) is 29.8 Å². The second-order valence-corrected chi connectivity index (χ2v) is 5.74. The van der Waals surface area contributed by atoms with E-state index in [0.717, 1.165) is 22.9 Å². The van der Waals surface area contributed by atoms with Crippen molar-refractivity contribution in [3.63, 3.8) is 0 Å². The number of carbonyl (C=O) groups excluding carboxylic acids is 1. The molecule has 2 unspecified atom stereocenters. The largest absolute Gasteiger partial charge is 0.489 e. The lowest BCUT2D eigenvalue weighted by atomic mass is 10.2. The van der Waals surface area contributed by atoms with Gasteiger partial charge in [0.15, 0.2) is 0 Å². The topological polar surface area (TPSA) is 50.4 Å². The van der Waals surface area contributed by atoms with Gasteiger partial charge in [0, 0.05) is 11.6 Å². The Morgan fingerprint density at radius 3 is 2.95 bits per heavy atom. The van der Waals surface area contributed by atoms with E-state index in [4.69, 9.17) is 4.74 Å². The molecule has 1 aliphatic heterocycles. The maximum absolute atomic E-state index is 11.8. The molecule has 2 atom stereocenters. The summed E-state index contributed by atoms with van der Waals surface area (Å²) in [5.41, 5.74) is 1.11. The van der Waals surface area contributed by atoms with Crippen LogP contribution >= 0.6 is 24.2 Å². The van der Waals surface area contributed by atoms with Gasteiger partial charge in [0.2, 0.25) is 5.91 Å². The minimum Gasteiger partial charge on any atom is -0.489 e. The molecule has 0 aromatic heterocycles. The monoisotopic (exact) mass is 316 g/mol. The van der Waals surface area contributed by atoms with Crippen LogP contribution in [-0.4, -0.2) is 36.2 Å². The van der Waals surface area contributed by atoms with Crippen molar-refractivity contribution in [2.75, 3.05) is 18.2 Å². The molecule has 0 bridgehead atoms. The molecule has 4 nitrogen and oxygen atoms in total. The molecule has 1 fully saturated rings. The van der Waals surface area contributed by atoms with Crippen molar-refractivity contribution in [2.24, 2.45) is 0 Å². The fraction of sp³-hybridized carbons (Fsp3) is 0.500. The number of rotatable bonds is 5. The summed E-state index contributed by atoms with van der Waals surface area (Å²) in [5.74, 6) is 2.63. The van der Waals surface area contributed by atoms with Crippen LogP contribution in [-0.2, 0) is 4.79 Å². The van der Waals surface area contributed by atoms with E-state index in [1.165, 1.54) is 0 Å². The van der Waals surface area contributed by atoms with Crippen molar-refractivity contribution in [3.8, 4) is 5.75 Å². The number of halogens is 1. The number of thioether (sulfide) groups is 1. The van der Waals surface area contributed by atoms with E-state index in [1.54, 1.807) is 11.8 Å². The Bertz CT molecular complexity index is 439. The van der Waals surface area contributed by atoms with Gasteiger partial charge in [-0.1, -0.05) is 18.2 Å². The second kappa shape index (κ2) is 8.39. The molecule has 1 aliphatic rings. The molecule has 0 spiro atoms. The number of ether oxygens (including phenoxy) is 1. The average Bonchev–Trinajstić information content (AvgIpc) is 2.93. The van der Waals surface area contributed by atoms with E-state index in [-0.39, 0.29) is 30.5 Å². The first-order chi connectivity index (χ1) is 9.16. The Kier molecular flexibility index (Phi) is 7.19. The number of amides is 1. The van der Waals surface area contributed by atoms with Gasteiger partial charge in [-0.05, 0) is 25.5 Å². The highest BCUT2D eigenvalue weighted by molar-refractivity contribution is 7.99. The molecule has 1 amide bonds. The summed E-state index contributed by atoms with van der Waals surface area (Å²) in [6.45, 7) is 4.50. The van der Waals surface area contributed by atoms with Gasteiger partial charge >= 0.3 is 0 Å². The first kappa shape index (κ1) is 17.1. The van der Waals surface area contributed by atoms with E-state index in [1.807, 2.05) is 38.1 Å². The zero-order valence-electron chi connectivity index (χ0n) is 11.7. The molecule has 6 heteroatoms. The highest BCUT2D eigenvalue weighted by atomic mass is 35.5. The fourth-order valence-electron chi connectivity index (χ4n) is 1.88. The fourth-order valence-corrected chi connectivity index (χ4v) is 2.82. The number of hydrogen-bond acceptors (Lipinski definition) is 4. The molecule has 0 radical (unpaired) electrons. The number of para-hydroxylation sites is 1. The Labute approximate surface area is 130 Å². The maximum atomic E-state index is 11.8. The summed E-state index contributed by atoms with van der Waals surface area (Å²) in [4.78, 5) is 11.8. The summed E-state index contributed by atoms with van der Waals surface area (Å²) in [5, 5.41) is 6.07. The number of hydrogen-bond donors (Lipinski definition) is 2. The van der Waals surface area contributed by atoms with Gasteiger partial charge in [0.1, 0.15) is 11.9 Å². The van der Waals surface area contributed by atoms with Crippen molar-refractivity contribution in [2.45, 2.75) is 26.0 Å². The van der Waals surface area contributed by atoms with Crippen LogP contribution < -0.4 is 15.4 Å². The molecule has 1 aromatic carbocycles. The molecule has 112 valence electrons. The number of aryl methyl sites for hydroxylation is 1. The van der Waals surface area contributed by atoms with Crippen LogP contribution in [0.3, 0.4) is 0 Å². The summed E-state index contributed by atoms with van der Waals surface area (Å²) in [6.07, 6.45) is -0.0425. The quantitative estimate of drug-likeness (QED) is 0.872. The molecule has 0 saturated carbocycles. The molecule has 1 saturated heterocycles. The summed E-state index contributed by atoms with van der Waals surface area (Å²) >= 11 is 1.75. The zero-order valence-corrected chi connectivity index (χ0v) is 13.4. The van der Waals surface area contributed by atoms with Crippen molar-refractivity contribution in [1.82, 2.24) is 10.6 Å². The third-order valence-corrected chi connectivity index (χ3v) is 3.96. The lowest BCUT2D eigenvalue weighted by molar-refractivity contribution is -0.122. The van der Waals surface area contributed by atoms with Gasteiger partial charge < -0.3 is 10.1 Å². The van der Waals surface area contributed by atoms with Crippen molar-refractivity contribution in [1.29, 1.82) is 0 Å². The highest BCUT2D eigenvalue weighted by Gasteiger charge is 2.22. The third-order valence-electron chi connectivity index (χ3n) is 3.02. The highest BCUT2D eigenvalue weighted by Crippen LogP contribution is 2.17. The number of nitrogens with one attached hydrogen (secondary N) is 2. The smallest absolute Gasteiger partial charge is 0.238 e. The van der Waals surface area contributed by atoms with Gasteiger partial charge in [0.05, 0.1) is 12.6 Å². The van der Waals surface area contributed by atoms with Crippen molar-refractivity contribution < 1.29 is 9.53 Å². The maximum Gasteiger partial charge on any atom is 0.238 e. The normalized spacial score (nSPS) is 19.0. The first-order valence-electron chi connectivity index (χ1n) is 6.48. The van der Waals surface area contributed by atoms with E-state index >= 15 is 0 Å². The van der Waals surface area contributed by atoms with Gasteiger partial charge in [-0.3, -0.25) is 10.1 Å². The molecular weight excluding hydrogens is 296 g/mol. The van der Waals surface area contributed by atoms with E-state index < -0.39 is 0 Å². The van der Waals surface area contributed by atoms with Gasteiger partial charge in [0.25, 0.3) is 0 Å². The number of benzene rings is 1. The summed E-state index contributed by atoms with van der Waals surface area (Å²) in [7, 11) is 0. The summed E-state index contributed by atoms with van der Waals surface area (Å²) < 4.78 is 5.82. The van der Waals surface area contributed by atoms with Crippen LogP contribution in [0.15, 0.2) is 24.3 Å². The summed E-state index contributed by atoms with van der Waals surface area (Å²) in [6, 6.07) is 7.84. The number of carbonyl (C=O) groups is 1. The van der Waals surface area contributed by atoms with Crippen LogP contribution in [0.1, 0.15) is 12.5 Å². The second-order valence-electron chi connectivity index (χ2n) is 4.71. The molecule has 2 rings (SSSR count). The Balaban J connectivity index is 0.00000200. The minimum atomic E-state index is -0.0596. The van der Waals surface area contributed by atoms with Crippen LogP contribution in [0.25, 0.3) is 0 Å².